The van der Waals surface area contributed by atoms with Gasteiger partial charge in [0.05, 0.1) is 0 Å². The maximum absolute atomic E-state index is 8.25. The fourth-order valence-corrected chi connectivity index (χ4v) is 0.938. The quantitative estimate of drug-likeness (QED) is 0.486. The van der Waals surface area contributed by atoms with E-state index in [0.717, 1.165) is 0 Å². The van der Waals surface area contributed by atoms with Gasteiger partial charge in [0.1, 0.15) is 0 Å². The molecular formula is C12H16O4Zn. The molecule has 0 aliphatic heterocycles. The standard InChI is InChI=1S/C10H14.2CH2O2.Zn/c1-10(2,3)9-7-5-4-6-8-9;2*2-1-3;/h4-8H,1-3H3;2*1H,(H,2,3);/q;;;+2/p-2. The van der Waals surface area contributed by atoms with Gasteiger partial charge in [0.2, 0.25) is 0 Å². The van der Waals surface area contributed by atoms with Gasteiger partial charge in [-0.1, -0.05) is 51.1 Å². The van der Waals surface area contributed by atoms with E-state index >= 15 is 0 Å². The largest absolute Gasteiger partial charge is 2.00 e. The van der Waals surface area contributed by atoms with Crippen LogP contribution in [0.25, 0.3) is 0 Å². The van der Waals surface area contributed by atoms with Crippen molar-refractivity contribution in [3.63, 3.8) is 0 Å². The van der Waals surface area contributed by atoms with Gasteiger partial charge in [-0.05, 0) is 11.0 Å². The van der Waals surface area contributed by atoms with Gasteiger partial charge in [-0.15, -0.1) is 0 Å². The number of hydrogen-bond donors (Lipinski definition) is 0. The minimum absolute atomic E-state index is 0. The molecule has 0 radical (unpaired) electrons. The molecule has 0 aromatic heterocycles. The van der Waals surface area contributed by atoms with Crippen molar-refractivity contribution in [2.24, 2.45) is 0 Å². The van der Waals surface area contributed by atoms with Crippen LogP contribution < -0.4 is 10.2 Å². The first-order chi connectivity index (χ1) is 7.43. The van der Waals surface area contributed by atoms with Crippen molar-refractivity contribution in [1.29, 1.82) is 0 Å². The molecule has 1 aromatic rings. The summed E-state index contributed by atoms with van der Waals surface area (Å²) in [5, 5.41) is 16.5. The number of carbonyl (C=O) groups is 2. The van der Waals surface area contributed by atoms with Gasteiger partial charge in [-0.25, -0.2) is 0 Å². The van der Waals surface area contributed by atoms with Crippen molar-refractivity contribution in [1.82, 2.24) is 0 Å². The van der Waals surface area contributed by atoms with E-state index in [2.05, 4.69) is 51.1 Å². The molecule has 0 unspecified atom stereocenters. The van der Waals surface area contributed by atoms with E-state index in [1.165, 1.54) is 5.56 Å². The second-order valence-corrected chi connectivity index (χ2v) is 3.81. The number of rotatable bonds is 0. The molecule has 0 spiro atoms. The molecule has 0 bridgehead atoms. The molecule has 1 aromatic carbocycles. The molecule has 17 heavy (non-hydrogen) atoms. The normalized spacial score (nSPS) is 8.18. The summed E-state index contributed by atoms with van der Waals surface area (Å²) in [5.74, 6) is 0. The fraction of sp³-hybridized carbons (Fsp3) is 0.333. The number of hydrogen-bond acceptors (Lipinski definition) is 4. The van der Waals surface area contributed by atoms with Crippen molar-refractivity contribution in [2.75, 3.05) is 0 Å². The molecule has 0 saturated heterocycles. The van der Waals surface area contributed by atoms with Crippen LogP contribution in [0.2, 0.25) is 0 Å². The summed E-state index contributed by atoms with van der Waals surface area (Å²) in [7, 11) is 0. The van der Waals surface area contributed by atoms with Crippen LogP contribution in [-0.2, 0) is 34.5 Å². The van der Waals surface area contributed by atoms with Gasteiger partial charge in [0.25, 0.3) is 0 Å². The first-order valence-corrected chi connectivity index (χ1v) is 4.60. The molecule has 0 aliphatic rings. The molecule has 1 rings (SSSR count). The van der Waals surface area contributed by atoms with E-state index in [1.54, 1.807) is 0 Å². The Hall–Kier alpha value is -1.22. The maximum atomic E-state index is 8.25. The second kappa shape index (κ2) is 12.9. The van der Waals surface area contributed by atoms with Crippen LogP contribution >= 0.6 is 0 Å². The van der Waals surface area contributed by atoms with Crippen molar-refractivity contribution in [3.05, 3.63) is 35.9 Å². The average Bonchev–Trinajstić information content (AvgIpc) is 2.20. The first-order valence-electron chi connectivity index (χ1n) is 4.60. The summed E-state index contributed by atoms with van der Waals surface area (Å²) < 4.78 is 0. The fourth-order valence-electron chi connectivity index (χ4n) is 0.938. The number of carbonyl (C=O) groups excluding carboxylic acids is 2. The molecule has 5 heteroatoms. The van der Waals surface area contributed by atoms with Crippen LogP contribution in [0.4, 0.5) is 0 Å². The SMILES string of the molecule is CC(C)(C)c1ccccc1.O=C[O-].O=C[O-].[Zn+2]. The third-order valence-corrected chi connectivity index (χ3v) is 1.64. The summed E-state index contributed by atoms with van der Waals surface area (Å²) in [6, 6.07) is 10.6. The third-order valence-electron chi connectivity index (χ3n) is 1.64. The number of carboxylic acid groups (broad SMARTS) is 2. The van der Waals surface area contributed by atoms with Crippen molar-refractivity contribution >= 4 is 12.9 Å². The van der Waals surface area contributed by atoms with Gasteiger partial charge in [-0.3, -0.25) is 0 Å². The van der Waals surface area contributed by atoms with Crippen molar-refractivity contribution in [3.8, 4) is 0 Å². The van der Waals surface area contributed by atoms with Crippen molar-refractivity contribution < 1.29 is 39.3 Å². The summed E-state index contributed by atoms with van der Waals surface area (Å²) in [5.41, 5.74) is 1.69. The molecule has 0 heterocycles. The van der Waals surface area contributed by atoms with Crippen LogP contribution in [0.5, 0.6) is 0 Å². The Morgan fingerprint density at radius 2 is 1.24 bits per heavy atom. The predicted octanol–water partition coefficient (Wildman–Crippen LogP) is -0.286. The Balaban J connectivity index is -0.000000240. The van der Waals surface area contributed by atoms with Crippen LogP contribution in [0.15, 0.2) is 30.3 Å². The predicted molar refractivity (Wildman–Crippen MR) is 57.3 cm³/mol. The molecule has 0 N–H and O–H groups in total. The zero-order chi connectivity index (χ0) is 13.0. The Morgan fingerprint density at radius 3 is 1.41 bits per heavy atom. The number of benzene rings is 1. The van der Waals surface area contributed by atoms with Crippen LogP contribution in [0, 0.1) is 0 Å². The average molecular weight is 290 g/mol. The zero-order valence-corrected chi connectivity index (χ0v) is 13.3. The first kappa shape index (κ1) is 21.1. The zero-order valence-electron chi connectivity index (χ0n) is 10.4. The Labute approximate surface area is 114 Å². The Morgan fingerprint density at radius 1 is 0.941 bits per heavy atom. The minimum Gasteiger partial charge on any atom is -0.554 e. The maximum Gasteiger partial charge on any atom is 2.00 e. The summed E-state index contributed by atoms with van der Waals surface area (Å²) in [4.78, 5) is 16.5. The van der Waals surface area contributed by atoms with Gasteiger partial charge in [-0.2, -0.15) is 0 Å². The molecule has 90 valence electrons. The molecule has 0 atom stereocenters. The monoisotopic (exact) mass is 288 g/mol. The summed E-state index contributed by atoms with van der Waals surface area (Å²) >= 11 is 0. The molecule has 0 fully saturated rings. The van der Waals surface area contributed by atoms with Crippen LogP contribution in [0.1, 0.15) is 26.3 Å². The van der Waals surface area contributed by atoms with E-state index in [-0.39, 0.29) is 19.5 Å². The van der Waals surface area contributed by atoms with Gasteiger partial charge in [0.15, 0.2) is 0 Å². The van der Waals surface area contributed by atoms with Gasteiger partial charge >= 0.3 is 19.5 Å². The van der Waals surface area contributed by atoms with Crippen LogP contribution in [-0.4, -0.2) is 12.9 Å². The Kier molecular flexibility index (Phi) is 16.0. The van der Waals surface area contributed by atoms with E-state index in [9.17, 15) is 0 Å². The molecule has 0 aliphatic carbocycles. The smallest absolute Gasteiger partial charge is 0.554 e. The van der Waals surface area contributed by atoms with Crippen LogP contribution in [0.3, 0.4) is 0 Å². The van der Waals surface area contributed by atoms with E-state index < -0.39 is 12.9 Å². The summed E-state index contributed by atoms with van der Waals surface area (Å²) in [6.07, 6.45) is 0. The summed E-state index contributed by atoms with van der Waals surface area (Å²) in [6.45, 7) is 5.67. The Bertz CT molecular complexity index is 274. The molecular weight excluding hydrogens is 274 g/mol. The van der Waals surface area contributed by atoms with E-state index in [4.69, 9.17) is 19.8 Å². The van der Waals surface area contributed by atoms with Gasteiger partial charge in [0, 0.05) is 12.9 Å². The second-order valence-electron chi connectivity index (χ2n) is 3.81. The minimum atomic E-state index is -0.500. The molecule has 0 saturated carbocycles. The van der Waals surface area contributed by atoms with Crippen molar-refractivity contribution in [2.45, 2.75) is 26.2 Å². The molecule has 0 amide bonds. The molecule has 4 nitrogen and oxygen atoms in total. The van der Waals surface area contributed by atoms with Gasteiger partial charge < -0.3 is 19.8 Å². The van der Waals surface area contributed by atoms with E-state index in [0.29, 0.717) is 5.41 Å². The third kappa shape index (κ3) is 14.8. The van der Waals surface area contributed by atoms with E-state index in [1.807, 2.05) is 0 Å². The topological polar surface area (TPSA) is 80.3 Å².